The number of rotatable bonds is 3. The van der Waals surface area contributed by atoms with Crippen molar-refractivity contribution in [2.24, 2.45) is 0 Å². The Morgan fingerprint density at radius 2 is 2.13 bits per heavy atom. The zero-order chi connectivity index (χ0) is 10.7. The Labute approximate surface area is 90.1 Å². The van der Waals surface area contributed by atoms with Crippen LogP contribution in [-0.4, -0.2) is 30.4 Å². The van der Waals surface area contributed by atoms with Crippen LogP contribution in [0.5, 0.6) is 5.75 Å². The molecule has 1 fully saturated rings. The lowest BCUT2D eigenvalue weighted by atomic mass is 10.1. The maximum atomic E-state index is 10.0. The summed E-state index contributed by atoms with van der Waals surface area (Å²) in [6.07, 6.45) is 0.763. The molecule has 0 aliphatic carbocycles. The number of aryl methyl sites for hydroxylation is 1. The minimum atomic E-state index is -0.690. The van der Waals surface area contributed by atoms with Gasteiger partial charge in [0.2, 0.25) is 0 Å². The standard InChI is InChI=1S/C12H17NO2/c1-10-2-4-11(5-3-10)15-9-12(14)6-7-13-8-12/h2-5,13-14H,6-9H2,1H3/t12-/m1/s1. The van der Waals surface area contributed by atoms with Crippen molar-refractivity contribution in [1.29, 1.82) is 0 Å². The largest absolute Gasteiger partial charge is 0.491 e. The molecule has 1 aromatic carbocycles. The molecule has 2 rings (SSSR count). The second-order valence-corrected chi connectivity index (χ2v) is 4.25. The minimum Gasteiger partial charge on any atom is -0.491 e. The molecule has 2 N–H and O–H groups in total. The molecule has 1 aliphatic rings. The van der Waals surface area contributed by atoms with E-state index >= 15 is 0 Å². The van der Waals surface area contributed by atoms with Crippen molar-refractivity contribution in [2.75, 3.05) is 19.7 Å². The lowest BCUT2D eigenvalue weighted by Crippen LogP contribution is -2.38. The highest BCUT2D eigenvalue weighted by Crippen LogP contribution is 2.18. The van der Waals surface area contributed by atoms with Gasteiger partial charge in [-0.25, -0.2) is 0 Å². The first-order valence-corrected chi connectivity index (χ1v) is 5.31. The second kappa shape index (κ2) is 4.21. The third-order valence-corrected chi connectivity index (χ3v) is 2.75. The van der Waals surface area contributed by atoms with Gasteiger partial charge in [-0.15, -0.1) is 0 Å². The van der Waals surface area contributed by atoms with Gasteiger partial charge in [0, 0.05) is 6.54 Å². The van der Waals surface area contributed by atoms with Gasteiger partial charge in [-0.2, -0.15) is 0 Å². The molecular weight excluding hydrogens is 190 g/mol. The van der Waals surface area contributed by atoms with Gasteiger partial charge in [0.1, 0.15) is 18.0 Å². The van der Waals surface area contributed by atoms with Crippen LogP contribution in [0.4, 0.5) is 0 Å². The molecule has 0 saturated carbocycles. The number of hydrogen-bond acceptors (Lipinski definition) is 3. The quantitative estimate of drug-likeness (QED) is 0.780. The Kier molecular flexibility index (Phi) is 2.93. The van der Waals surface area contributed by atoms with E-state index in [2.05, 4.69) is 5.32 Å². The van der Waals surface area contributed by atoms with Crippen LogP contribution in [0.25, 0.3) is 0 Å². The lowest BCUT2D eigenvalue weighted by Gasteiger charge is -2.21. The predicted molar refractivity (Wildman–Crippen MR) is 59.1 cm³/mol. The van der Waals surface area contributed by atoms with Crippen LogP contribution in [-0.2, 0) is 0 Å². The van der Waals surface area contributed by atoms with Crippen molar-refractivity contribution in [3.8, 4) is 5.75 Å². The highest BCUT2D eigenvalue weighted by atomic mass is 16.5. The average molecular weight is 207 g/mol. The summed E-state index contributed by atoms with van der Waals surface area (Å²) < 4.78 is 5.56. The first-order chi connectivity index (χ1) is 7.18. The van der Waals surface area contributed by atoms with Crippen LogP contribution in [0, 0.1) is 6.92 Å². The molecule has 1 saturated heterocycles. The summed E-state index contributed by atoms with van der Waals surface area (Å²) in [5.74, 6) is 0.820. The second-order valence-electron chi connectivity index (χ2n) is 4.25. The van der Waals surface area contributed by atoms with E-state index in [0.29, 0.717) is 13.2 Å². The van der Waals surface area contributed by atoms with Gasteiger partial charge < -0.3 is 15.2 Å². The van der Waals surface area contributed by atoms with Crippen LogP contribution >= 0.6 is 0 Å². The van der Waals surface area contributed by atoms with Gasteiger partial charge in [-0.05, 0) is 32.0 Å². The van der Waals surface area contributed by atoms with E-state index in [9.17, 15) is 5.11 Å². The molecule has 1 aromatic rings. The van der Waals surface area contributed by atoms with Crippen molar-refractivity contribution in [1.82, 2.24) is 5.32 Å². The number of β-amino-alcohol motifs (C(OH)–C–C–N with tert-alkyl or cyclic N) is 1. The Morgan fingerprint density at radius 3 is 2.73 bits per heavy atom. The summed E-state index contributed by atoms with van der Waals surface area (Å²) in [5.41, 5.74) is 0.522. The molecule has 0 amide bonds. The minimum absolute atomic E-state index is 0.364. The summed E-state index contributed by atoms with van der Waals surface area (Å²) in [4.78, 5) is 0. The van der Waals surface area contributed by atoms with E-state index in [-0.39, 0.29) is 0 Å². The van der Waals surface area contributed by atoms with E-state index in [1.165, 1.54) is 5.56 Å². The summed E-state index contributed by atoms with van der Waals surface area (Å²) >= 11 is 0. The van der Waals surface area contributed by atoms with Crippen molar-refractivity contribution in [2.45, 2.75) is 18.9 Å². The first kappa shape index (κ1) is 10.5. The summed E-state index contributed by atoms with van der Waals surface area (Å²) in [7, 11) is 0. The van der Waals surface area contributed by atoms with E-state index in [0.717, 1.165) is 18.7 Å². The maximum Gasteiger partial charge on any atom is 0.119 e. The third kappa shape index (κ3) is 2.70. The van der Waals surface area contributed by atoms with Crippen LogP contribution in [0.2, 0.25) is 0 Å². The molecule has 0 spiro atoms. The third-order valence-electron chi connectivity index (χ3n) is 2.75. The monoisotopic (exact) mass is 207 g/mol. The molecule has 0 unspecified atom stereocenters. The zero-order valence-corrected chi connectivity index (χ0v) is 8.99. The van der Waals surface area contributed by atoms with Gasteiger partial charge in [-0.1, -0.05) is 17.7 Å². The predicted octanol–water partition coefficient (Wildman–Crippen LogP) is 1.10. The van der Waals surface area contributed by atoms with Gasteiger partial charge in [0.15, 0.2) is 0 Å². The van der Waals surface area contributed by atoms with Crippen LogP contribution in [0.15, 0.2) is 24.3 Å². The normalized spacial score (nSPS) is 25.5. The maximum absolute atomic E-state index is 10.0. The lowest BCUT2D eigenvalue weighted by molar-refractivity contribution is 0.0130. The Bertz CT molecular complexity index is 315. The molecule has 3 heteroatoms. The van der Waals surface area contributed by atoms with Crippen molar-refractivity contribution in [3.63, 3.8) is 0 Å². The number of ether oxygens (including phenoxy) is 1. The fourth-order valence-electron chi connectivity index (χ4n) is 1.71. The molecule has 1 heterocycles. The molecule has 0 aromatic heterocycles. The van der Waals surface area contributed by atoms with Gasteiger partial charge in [0.05, 0.1) is 0 Å². The number of benzene rings is 1. The van der Waals surface area contributed by atoms with Crippen LogP contribution < -0.4 is 10.1 Å². The summed E-state index contributed by atoms with van der Waals surface area (Å²) in [5, 5.41) is 13.1. The zero-order valence-electron chi connectivity index (χ0n) is 8.99. The highest BCUT2D eigenvalue weighted by Gasteiger charge is 2.31. The SMILES string of the molecule is Cc1ccc(OC[C@@]2(O)CCNC2)cc1. The van der Waals surface area contributed by atoms with Crippen molar-refractivity contribution >= 4 is 0 Å². The number of hydrogen-bond donors (Lipinski definition) is 2. The molecule has 82 valence electrons. The Hall–Kier alpha value is -1.06. The molecular formula is C12H17NO2. The van der Waals surface area contributed by atoms with Gasteiger partial charge >= 0.3 is 0 Å². The van der Waals surface area contributed by atoms with Gasteiger partial charge in [0.25, 0.3) is 0 Å². The van der Waals surface area contributed by atoms with Crippen LogP contribution in [0.3, 0.4) is 0 Å². The Morgan fingerprint density at radius 1 is 1.40 bits per heavy atom. The van der Waals surface area contributed by atoms with E-state index in [1.807, 2.05) is 31.2 Å². The average Bonchev–Trinajstić information content (AvgIpc) is 2.65. The fourth-order valence-corrected chi connectivity index (χ4v) is 1.71. The molecule has 15 heavy (non-hydrogen) atoms. The van der Waals surface area contributed by atoms with E-state index < -0.39 is 5.60 Å². The number of nitrogens with one attached hydrogen (secondary N) is 1. The molecule has 0 radical (unpaired) electrons. The van der Waals surface area contributed by atoms with E-state index in [1.54, 1.807) is 0 Å². The Balaban J connectivity index is 1.90. The van der Waals surface area contributed by atoms with Crippen molar-refractivity contribution < 1.29 is 9.84 Å². The fraction of sp³-hybridized carbons (Fsp3) is 0.500. The van der Waals surface area contributed by atoms with E-state index in [4.69, 9.17) is 4.74 Å². The first-order valence-electron chi connectivity index (χ1n) is 5.31. The molecule has 1 atom stereocenters. The van der Waals surface area contributed by atoms with Gasteiger partial charge in [-0.3, -0.25) is 0 Å². The summed E-state index contributed by atoms with van der Waals surface area (Å²) in [6, 6.07) is 7.88. The van der Waals surface area contributed by atoms with Crippen molar-refractivity contribution in [3.05, 3.63) is 29.8 Å². The number of aliphatic hydroxyl groups is 1. The highest BCUT2D eigenvalue weighted by molar-refractivity contribution is 5.26. The summed E-state index contributed by atoms with van der Waals surface area (Å²) in [6.45, 7) is 3.90. The molecule has 3 nitrogen and oxygen atoms in total. The smallest absolute Gasteiger partial charge is 0.119 e. The topological polar surface area (TPSA) is 41.5 Å². The van der Waals surface area contributed by atoms with Crippen LogP contribution in [0.1, 0.15) is 12.0 Å². The molecule has 1 aliphatic heterocycles. The molecule has 0 bridgehead atoms.